The SMILES string of the molecule is CCCNc1ccc(CN2CCOC(C#N)C2)cn1. The Bertz CT molecular complexity index is 426. The van der Waals surface area contributed by atoms with E-state index in [1.54, 1.807) is 0 Å². The Morgan fingerprint density at radius 3 is 3.16 bits per heavy atom. The molecule has 1 fully saturated rings. The van der Waals surface area contributed by atoms with Crippen LogP contribution < -0.4 is 5.32 Å². The van der Waals surface area contributed by atoms with E-state index in [1.165, 1.54) is 5.56 Å². The molecule has 1 unspecified atom stereocenters. The minimum atomic E-state index is -0.299. The molecule has 1 aromatic heterocycles. The maximum atomic E-state index is 8.87. The topological polar surface area (TPSA) is 61.2 Å². The fourth-order valence-electron chi connectivity index (χ4n) is 2.06. The molecule has 1 aromatic rings. The Kier molecular flexibility index (Phi) is 5.13. The molecule has 1 aliphatic heterocycles. The summed E-state index contributed by atoms with van der Waals surface area (Å²) in [5.41, 5.74) is 1.17. The number of morpholine rings is 1. The van der Waals surface area contributed by atoms with Crippen molar-refractivity contribution < 1.29 is 4.74 Å². The van der Waals surface area contributed by atoms with Crippen molar-refractivity contribution in [3.63, 3.8) is 0 Å². The zero-order valence-corrected chi connectivity index (χ0v) is 11.3. The minimum absolute atomic E-state index is 0.299. The van der Waals surface area contributed by atoms with Gasteiger partial charge in [0, 0.05) is 32.4 Å². The van der Waals surface area contributed by atoms with E-state index in [2.05, 4.69) is 34.3 Å². The Morgan fingerprint density at radius 2 is 2.47 bits per heavy atom. The molecule has 0 aromatic carbocycles. The molecule has 5 nitrogen and oxygen atoms in total. The van der Waals surface area contributed by atoms with Gasteiger partial charge in [0.2, 0.25) is 0 Å². The monoisotopic (exact) mass is 260 g/mol. The highest BCUT2D eigenvalue weighted by atomic mass is 16.5. The van der Waals surface area contributed by atoms with Crippen LogP contribution in [0.15, 0.2) is 18.3 Å². The molecule has 5 heteroatoms. The van der Waals surface area contributed by atoms with Crippen LogP contribution in [-0.4, -0.2) is 42.2 Å². The highest BCUT2D eigenvalue weighted by Gasteiger charge is 2.19. The van der Waals surface area contributed by atoms with E-state index in [-0.39, 0.29) is 6.10 Å². The van der Waals surface area contributed by atoms with Crippen LogP contribution in [0.5, 0.6) is 0 Å². The summed E-state index contributed by atoms with van der Waals surface area (Å²) in [7, 11) is 0. The quantitative estimate of drug-likeness (QED) is 0.872. The molecular weight excluding hydrogens is 240 g/mol. The van der Waals surface area contributed by atoms with E-state index in [0.29, 0.717) is 13.2 Å². The predicted molar refractivity (Wildman–Crippen MR) is 73.6 cm³/mol. The summed E-state index contributed by atoms with van der Waals surface area (Å²) in [6.07, 6.45) is 2.69. The number of hydrogen-bond donors (Lipinski definition) is 1. The second-order valence-electron chi connectivity index (χ2n) is 4.70. The van der Waals surface area contributed by atoms with E-state index >= 15 is 0 Å². The van der Waals surface area contributed by atoms with E-state index in [4.69, 9.17) is 10.00 Å². The van der Waals surface area contributed by atoms with Gasteiger partial charge in [-0.2, -0.15) is 5.26 Å². The van der Waals surface area contributed by atoms with Gasteiger partial charge >= 0.3 is 0 Å². The normalized spacial score (nSPS) is 19.9. The first-order valence-electron chi connectivity index (χ1n) is 6.74. The van der Waals surface area contributed by atoms with Crippen LogP contribution in [0, 0.1) is 11.3 Å². The van der Waals surface area contributed by atoms with Crippen molar-refractivity contribution in [1.29, 1.82) is 5.26 Å². The van der Waals surface area contributed by atoms with Gasteiger partial charge in [-0.3, -0.25) is 4.90 Å². The second kappa shape index (κ2) is 7.07. The molecule has 1 atom stereocenters. The molecule has 0 bridgehead atoms. The van der Waals surface area contributed by atoms with Gasteiger partial charge in [0.15, 0.2) is 6.10 Å². The van der Waals surface area contributed by atoms with Crippen LogP contribution >= 0.6 is 0 Å². The molecule has 0 saturated carbocycles. The van der Waals surface area contributed by atoms with Crippen LogP contribution in [0.1, 0.15) is 18.9 Å². The van der Waals surface area contributed by atoms with Gasteiger partial charge in [0.25, 0.3) is 0 Å². The zero-order valence-electron chi connectivity index (χ0n) is 11.3. The van der Waals surface area contributed by atoms with Crippen molar-refractivity contribution in [2.45, 2.75) is 26.0 Å². The second-order valence-corrected chi connectivity index (χ2v) is 4.70. The molecule has 1 saturated heterocycles. The number of pyridine rings is 1. The van der Waals surface area contributed by atoms with Crippen LogP contribution in [0.3, 0.4) is 0 Å². The van der Waals surface area contributed by atoms with Crippen molar-refractivity contribution in [3.05, 3.63) is 23.9 Å². The molecule has 1 N–H and O–H groups in total. The maximum Gasteiger partial charge on any atom is 0.156 e. The lowest BCUT2D eigenvalue weighted by Crippen LogP contribution is -2.41. The summed E-state index contributed by atoms with van der Waals surface area (Å²) in [5.74, 6) is 0.919. The number of aromatic nitrogens is 1. The molecule has 0 amide bonds. The first-order chi connectivity index (χ1) is 9.31. The van der Waals surface area contributed by atoms with Gasteiger partial charge in [-0.25, -0.2) is 4.98 Å². The van der Waals surface area contributed by atoms with Crippen molar-refractivity contribution in [2.24, 2.45) is 0 Å². The van der Waals surface area contributed by atoms with Crippen LogP contribution in [0.25, 0.3) is 0 Å². The van der Waals surface area contributed by atoms with Crippen LogP contribution in [-0.2, 0) is 11.3 Å². The highest BCUT2D eigenvalue weighted by Crippen LogP contribution is 2.11. The number of hydrogen-bond acceptors (Lipinski definition) is 5. The molecule has 0 radical (unpaired) electrons. The van der Waals surface area contributed by atoms with Gasteiger partial charge in [0.05, 0.1) is 12.7 Å². The van der Waals surface area contributed by atoms with Crippen molar-refractivity contribution >= 4 is 5.82 Å². The fraction of sp³-hybridized carbons (Fsp3) is 0.571. The number of nitrogens with one attached hydrogen (secondary N) is 1. The summed E-state index contributed by atoms with van der Waals surface area (Å²) in [4.78, 5) is 6.62. The molecule has 2 rings (SSSR count). The predicted octanol–water partition coefficient (Wildman–Crippen LogP) is 1.63. The Hall–Kier alpha value is -1.64. The van der Waals surface area contributed by atoms with Gasteiger partial charge in [0.1, 0.15) is 5.82 Å². The third-order valence-electron chi connectivity index (χ3n) is 3.08. The lowest BCUT2D eigenvalue weighted by Gasteiger charge is -2.29. The third-order valence-corrected chi connectivity index (χ3v) is 3.08. The number of ether oxygens (including phenoxy) is 1. The third kappa shape index (κ3) is 4.19. The number of nitriles is 1. The lowest BCUT2D eigenvalue weighted by atomic mass is 10.2. The standard InChI is InChI=1S/C14H20N4O/c1-2-5-16-14-4-3-12(9-17-14)10-18-6-7-19-13(8-15)11-18/h3-4,9,13H,2,5-7,10-11H2,1H3,(H,16,17). The first-order valence-corrected chi connectivity index (χ1v) is 6.74. The Morgan fingerprint density at radius 1 is 1.58 bits per heavy atom. The van der Waals surface area contributed by atoms with E-state index in [1.807, 2.05) is 12.3 Å². The number of rotatable bonds is 5. The molecule has 2 heterocycles. The smallest absolute Gasteiger partial charge is 0.156 e. The van der Waals surface area contributed by atoms with E-state index in [9.17, 15) is 0 Å². The number of nitrogens with zero attached hydrogens (tertiary/aromatic N) is 3. The molecule has 1 aliphatic rings. The molecule has 0 aliphatic carbocycles. The van der Waals surface area contributed by atoms with Gasteiger partial charge in [-0.05, 0) is 18.1 Å². The molecular formula is C14H20N4O. The van der Waals surface area contributed by atoms with E-state index in [0.717, 1.165) is 31.9 Å². The van der Waals surface area contributed by atoms with E-state index < -0.39 is 0 Å². The minimum Gasteiger partial charge on any atom is -0.370 e. The Labute approximate surface area is 114 Å². The zero-order chi connectivity index (χ0) is 13.5. The van der Waals surface area contributed by atoms with Gasteiger partial charge in [-0.1, -0.05) is 13.0 Å². The fourth-order valence-corrected chi connectivity index (χ4v) is 2.06. The maximum absolute atomic E-state index is 8.87. The van der Waals surface area contributed by atoms with Crippen molar-refractivity contribution in [3.8, 4) is 6.07 Å². The molecule has 102 valence electrons. The Balaban J connectivity index is 1.87. The average Bonchev–Trinajstić information content (AvgIpc) is 2.47. The average molecular weight is 260 g/mol. The van der Waals surface area contributed by atoms with Crippen LogP contribution in [0.2, 0.25) is 0 Å². The summed E-state index contributed by atoms with van der Waals surface area (Å²) >= 11 is 0. The van der Waals surface area contributed by atoms with Crippen molar-refractivity contribution in [2.75, 3.05) is 31.6 Å². The first kappa shape index (κ1) is 13.8. The molecule has 0 spiro atoms. The largest absolute Gasteiger partial charge is 0.370 e. The number of anilines is 1. The summed E-state index contributed by atoms with van der Waals surface area (Å²) in [5, 5.41) is 12.1. The summed E-state index contributed by atoms with van der Waals surface area (Å²) < 4.78 is 5.33. The lowest BCUT2D eigenvalue weighted by molar-refractivity contribution is -0.00272. The van der Waals surface area contributed by atoms with Gasteiger partial charge in [-0.15, -0.1) is 0 Å². The van der Waals surface area contributed by atoms with Gasteiger partial charge < -0.3 is 10.1 Å². The highest BCUT2D eigenvalue weighted by molar-refractivity contribution is 5.35. The summed E-state index contributed by atoms with van der Waals surface area (Å²) in [6, 6.07) is 6.25. The summed E-state index contributed by atoms with van der Waals surface area (Å²) in [6.45, 7) is 6.07. The molecule has 19 heavy (non-hydrogen) atoms. The van der Waals surface area contributed by atoms with Crippen molar-refractivity contribution in [1.82, 2.24) is 9.88 Å². The van der Waals surface area contributed by atoms with Crippen LogP contribution in [0.4, 0.5) is 5.82 Å².